The summed E-state index contributed by atoms with van der Waals surface area (Å²) in [4.78, 5) is 36.0. The lowest BCUT2D eigenvalue weighted by molar-refractivity contribution is -0.181. The number of hydrogen-bond donors (Lipinski definition) is 0. The molecule has 0 radical (unpaired) electrons. The van der Waals surface area contributed by atoms with Crippen LogP contribution >= 0.6 is 11.8 Å². The Bertz CT molecular complexity index is 453. The number of Topliss-reactive ketones (excluding diaryl/α,β-unsaturated/α-hetero) is 1. The fraction of sp³-hybridized carbons (Fsp3) is 0.727. The smallest absolute Gasteiger partial charge is 0.450 e. The first-order valence-electron chi connectivity index (χ1n) is 5.90. The number of methoxy groups -OCH3 is 1. The summed E-state index contributed by atoms with van der Waals surface area (Å²) < 4.78 is 41.9. The second-order valence-electron chi connectivity index (χ2n) is 4.56. The Morgan fingerprint density at radius 3 is 2.55 bits per heavy atom. The molecular weight excluding hydrogens is 299 g/mol. The van der Waals surface area contributed by atoms with E-state index in [1.807, 2.05) is 0 Å². The number of nitrogens with zero attached hydrogens (tertiary/aromatic N) is 1. The van der Waals surface area contributed by atoms with Gasteiger partial charge in [-0.25, -0.2) is 4.79 Å². The monoisotopic (exact) mass is 311 g/mol. The third-order valence-electron chi connectivity index (χ3n) is 3.42. The van der Waals surface area contributed by atoms with Crippen LogP contribution in [0, 0.1) is 5.92 Å². The molecule has 2 aliphatic rings. The van der Waals surface area contributed by atoms with Crippen molar-refractivity contribution >= 4 is 29.4 Å². The topological polar surface area (TPSA) is 63.7 Å². The van der Waals surface area contributed by atoms with Crippen LogP contribution in [0.2, 0.25) is 0 Å². The highest BCUT2D eigenvalue weighted by Crippen LogP contribution is 2.40. The Morgan fingerprint density at radius 1 is 1.35 bits per heavy atom. The fourth-order valence-electron chi connectivity index (χ4n) is 2.45. The number of amides is 1. The number of ether oxygens (including phenoxy) is 1. The zero-order valence-electron chi connectivity index (χ0n) is 10.5. The SMILES string of the molecule is COC(=O)[C@@H]1CS[C@H]2CC[C@H](C(=O)C(F)(F)F)C(=O)N21. The zero-order chi connectivity index (χ0) is 15.1. The number of rotatable bonds is 2. The molecule has 1 amide bonds. The third kappa shape index (κ3) is 2.50. The number of carbonyl (C=O) groups excluding carboxylic acids is 3. The molecule has 2 fully saturated rings. The lowest BCUT2D eigenvalue weighted by Gasteiger charge is -2.35. The van der Waals surface area contributed by atoms with Gasteiger partial charge in [-0.05, 0) is 12.8 Å². The standard InChI is InChI=1S/C11H12F3NO4S/c1-19-10(18)6-4-20-7-3-2-5(9(17)15(6)7)8(16)11(12,13)14/h5-7H,2-4H2,1H3/t5-,6+,7+/m1/s1. The van der Waals surface area contributed by atoms with Crippen molar-refractivity contribution in [2.45, 2.75) is 30.4 Å². The van der Waals surface area contributed by atoms with E-state index in [0.29, 0.717) is 0 Å². The minimum absolute atomic E-state index is 0.140. The van der Waals surface area contributed by atoms with E-state index in [2.05, 4.69) is 4.74 Å². The molecule has 20 heavy (non-hydrogen) atoms. The van der Waals surface area contributed by atoms with E-state index in [9.17, 15) is 27.6 Å². The number of ketones is 1. The number of carbonyl (C=O) groups is 3. The van der Waals surface area contributed by atoms with Crippen molar-refractivity contribution in [3.8, 4) is 0 Å². The minimum Gasteiger partial charge on any atom is -0.467 e. The van der Waals surface area contributed by atoms with Crippen molar-refractivity contribution in [3.63, 3.8) is 0 Å². The summed E-state index contributed by atoms with van der Waals surface area (Å²) in [6.45, 7) is 0. The molecule has 2 rings (SSSR count). The molecule has 0 N–H and O–H groups in total. The molecule has 0 aliphatic carbocycles. The summed E-state index contributed by atoms with van der Waals surface area (Å²) >= 11 is 1.31. The Labute approximate surface area is 116 Å². The van der Waals surface area contributed by atoms with Crippen molar-refractivity contribution in [2.75, 3.05) is 12.9 Å². The van der Waals surface area contributed by atoms with Gasteiger partial charge in [0.05, 0.1) is 12.5 Å². The van der Waals surface area contributed by atoms with E-state index in [0.717, 1.165) is 12.0 Å². The van der Waals surface area contributed by atoms with Crippen LogP contribution in [0.3, 0.4) is 0 Å². The van der Waals surface area contributed by atoms with Gasteiger partial charge in [-0.3, -0.25) is 9.59 Å². The summed E-state index contributed by atoms with van der Waals surface area (Å²) in [6, 6.07) is -0.911. The van der Waals surface area contributed by atoms with Crippen LogP contribution < -0.4 is 0 Å². The molecule has 112 valence electrons. The van der Waals surface area contributed by atoms with Crippen LogP contribution in [0.1, 0.15) is 12.8 Å². The van der Waals surface area contributed by atoms with E-state index in [1.54, 1.807) is 0 Å². The molecule has 2 saturated heterocycles. The molecule has 0 aromatic carbocycles. The Kier molecular flexibility index (Phi) is 3.99. The van der Waals surface area contributed by atoms with Gasteiger partial charge in [0.2, 0.25) is 11.7 Å². The maximum absolute atomic E-state index is 12.5. The van der Waals surface area contributed by atoms with Gasteiger partial charge in [0.15, 0.2) is 0 Å². The molecule has 0 saturated carbocycles. The number of esters is 1. The first-order chi connectivity index (χ1) is 9.27. The maximum Gasteiger partial charge on any atom is 0.450 e. The Morgan fingerprint density at radius 2 is 2.00 bits per heavy atom. The zero-order valence-corrected chi connectivity index (χ0v) is 11.3. The third-order valence-corrected chi connectivity index (χ3v) is 4.77. The van der Waals surface area contributed by atoms with E-state index in [-0.39, 0.29) is 24.0 Å². The Balaban J connectivity index is 2.21. The maximum atomic E-state index is 12.5. The molecule has 5 nitrogen and oxygen atoms in total. The number of alkyl halides is 3. The van der Waals surface area contributed by atoms with E-state index < -0.39 is 35.8 Å². The van der Waals surface area contributed by atoms with Crippen LogP contribution in [-0.4, -0.2) is 53.0 Å². The van der Waals surface area contributed by atoms with Crippen LogP contribution in [-0.2, 0) is 19.1 Å². The molecule has 0 unspecified atom stereocenters. The molecular formula is C11H12F3NO4S. The second kappa shape index (κ2) is 5.27. The lowest BCUT2D eigenvalue weighted by Crippen LogP contribution is -2.54. The highest BCUT2D eigenvalue weighted by molar-refractivity contribution is 8.00. The molecule has 9 heteroatoms. The number of piperidine rings is 1. The van der Waals surface area contributed by atoms with Gasteiger partial charge in [0, 0.05) is 5.75 Å². The molecule has 2 aliphatic heterocycles. The van der Waals surface area contributed by atoms with Gasteiger partial charge < -0.3 is 9.64 Å². The van der Waals surface area contributed by atoms with Gasteiger partial charge in [0.25, 0.3) is 0 Å². The van der Waals surface area contributed by atoms with Crippen LogP contribution in [0.5, 0.6) is 0 Å². The van der Waals surface area contributed by atoms with Crippen molar-refractivity contribution in [3.05, 3.63) is 0 Å². The molecule has 3 atom stereocenters. The van der Waals surface area contributed by atoms with E-state index in [1.165, 1.54) is 11.8 Å². The largest absolute Gasteiger partial charge is 0.467 e. The highest BCUT2D eigenvalue weighted by atomic mass is 32.2. The van der Waals surface area contributed by atoms with Crippen molar-refractivity contribution < 1.29 is 32.3 Å². The molecule has 0 aromatic heterocycles. The number of thioether (sulfide) groups is 1. The minimum atomic E-state index is -5.04. The predicted molar refractivity (Wildman–Crippen MR) is 62.7 cm³/mol. The van der Waals surface area contributed by atoms with Crippen LogP contribution in [0.25, 0.3) is 0 Å². The predicted octanol–water partition coefficient (Wildman–Crippen LogP) is 0.971. The molecule has 0 spiro atoms. The summed E-state index contributed by atoms with van der Waals surface area (Å²) in [5, 5.41) is -0.358. The van der Waals surface area contributed by atoms with E-state index >= 15 is 0 Å². The van der Waals surface area contributed by atoms with Crippen molar-refractivity contribution in [1.82, 2.24) is 4.90 Å². The van der Waals surface area contributed by atoms with Crippen LogP contribution in [0.15, 0.2) is 0 Å². The first kappa shape index (κ1) is 15.1. The fourth-order valence-corrected chi connectivity index (χ4v) is 3.87. The molecule has 0 bridgehead atoms. The van der Waals surface area contributed by atoms with E-state index in [4.69, 9.17) is 0 Å². The molecule has 2 heterocycles. The van der Waals surface area contributed by atoms with Crippen molar-refractivity contribution in [1.29, 1.82) is 0 Å². The van der Waals surface area contributed by atoms with Gasteiger partial charge >= 0.3 is 12.1 Å². The Hall–Kier alpha value is -1.25. The van der Waals surface area contributed by atoms with Gasteiger partial charge in [-0.15, -0.1) is 11.8 Å². The summed E-state index contributed by atoms with van der Waals surface area (Å²) in [7, 11) is 1.15. The van der Waals surface area contributed by atoms with Crippen molar-refractivity contribution in [2.24, 2.45) is 5.92 Å². The van der Waals surface area contributed by atoms with Gasteiger partial charge in [-0.2, -0.15) is 13.2 Å². The number of fused-ring (bicyclic) bond motifs is 1. The normalized spacial score (nSPS) is 30.1. The average molecular weight is 311 g/mol. The summed E-state index contributed by atoms with van der Waals surface area (Å²) in [5.74, 6) is -5.10. The molecule has 0 aromatic rings. The summed E-state index contributed by atoms with van der Waals surface area (Å²) in [6.07, 6.45) is -4.92. The lowest BCUT2D eigenvalue weighted by atomic mass is 9.91. The second-order valence-corrected chi connectivity index (χ2v) is 5.78. The van der Waals surface area contributed by atoms with Crippen LogP contribution in [0.4, 0.5) is 13.2 Å². The van der Waals surface area contributed by atoms with Gasteiger partial charge in [-0.1, -0.05) is 0 Å². The number of hydrogen-bond acceptors (Lipinski definition) is 5. The van der Waals surface area contributed by atoms with Gasteiger partial charge in [0.1, 0.15) is 12.0 Å². The average Bonchev–Trinajstić information content (AvgIpc) is 2.81. The first-order valence-corrected chi connectivity index (χ1v) is 6.95. The highest BCUT2D eigenvalue weighted by Gasteiger charge is 2.53. The number of halogens is 3. The quantitative estimate of drug-likeness (QED) is 0.562. The summed E-state index contributed by atoms with van der Waals surface area (Å²) in [5.41, 5.74) is 0.